The number of nitrogens with one attached hydrogen (secondary N) is 2. The molecule has 0 unspecified atom stereocenters. The number of H-pyrrole nitrogens is 1. The van der Waals surface area contributed by atoms with Gasteiger partial charge in [-0.1, -0.05) is 13.3 Å². The summed E-state index contributed by atoms with van der Waals surface area (Å²) in [6.07, 6.45) is 3.20. The van der Waals surface area contributed by atoms with Crippen LogP contribution in [0.25, 0.3) is 21.9 Å². The van der Waals surface area contributed by atoms with Crippen LogP contribution in [-0.2, 0) is 0 Å². The molecular weight excluding hydrogens is 478 g/mol. The Bertz CT molecular complexity index is 1470. The molecule has 0 saturated heterocycles. The molecule has 1 atom stereocenters. The summed E-state index contributed by atoms with van der Waals surface area (Å²) in [5, 5.41) is 21.4. The zero-order chi connectivity index (χ0) is 24.5. The van der Waals surface area contributed by atoms with Crippen LogP contribution >= 0.6 is 11.3 Å². The van der Waals surface area contributed by atoms with Crippen molar-refractivity contribution >= 4 is 22.9 Å². The molecule has 0 aromatic carbocycles. The van der Waals surface area contributed by atoms with Gasteiger partial charge < -0.3 is 10.3 Å². The zero-order valence-electron chi connectivity index (χ0n) is 18.7. The average molecular weight is 499 g/mol. The first-order valence-electron chi connectivity index (χ1n) is 10.8. The number of fused-ring (bicyclic) bond motifs is 1. The van der Waals surface area contributed by atoms with E-state index in [-0.39, 0.29) is 11.3 Å². The second-order valence-corrected chi connectivity index (χ2v) is 9.09. The minimum atomic E-state index is -2.92. The number of alkyl halides is 2. The summed E-state index contributed by atoms with van der Waals surface area (Å²) in [5.74, 6) is -0.539. The van der Waals surface area contributed by atoms with Gasteiger partial charge in [0.2, 0.25) is 5.82 Å². The van der Waals surface area contributed by atoms with E-state index < -0.39 is 24.2 Å². The van der Waals surface area contributed by atoms with Crippen LogP contribution in [0.5, 0.6) is 0 Å². The Morgan fingerprint density at radius 3 is 2.83 bits per heavy atom. The van der Waals surface area contributed by atoms with Crippen LogP contribution in [0.2, 0.25) is 0 Å². The number of halogens is 2. The Balaban J connectivity index is 1.64. The molecule has 0 bridgehead atoms. The van der Waals surface area contributed by atoms with E-state index in [0.717, 1.165) is 20.9 Å². The fourth-order valence-corrected chi connectivity index (χ4v) is 4.67. The number of carbonyl (C=O) groups is 1. The molecule has 5 heterocycles. The van der Waals surface area contributed by atoms with Crippen molar-refractivity contribution in [3.05, 3.63) is 59.0 Å². The summed E-state index contributed by atoms with van der Waals surface area (Å²) in [6.45, 7) is 3.97. The molecule has 1 amide bonds. The fraction of sp³-hybridized carbons (Fsp3) is 0.286. The number of rotatable bonds is 8. The van der Waals surface area contributed by atoms with Crippen LogP contribution in [-0.4, -0.2) is 50.7 Å². The van der Waals surface area contributed by atoms with Gasteiger partial charge in [0, 0.05) is 11.1 Å². The van der Waals surface area contributed by atoms with Crippen molar-refractivity contribution < 1.29 is 13.6 Å². The van der Waals surface area contributed by atoms with Gasteiger partial charge in [-0.2, -0.15) is 4.68 Å². The van der Waals surface area contributed by atoms with E-state index in [1.165, 1.54) is 12.4 Å². The van der Waals surface area contributed by atoms with E-state index in [1.54, 1.807) is 28.1 Å². The number of pyridine rings is 1. The Hall–Kier alpha value is -4.07. The van der Waals surface area contributed by atoms with Crippen LogP contribution in [0.15, 0.2) is 36.9 Å². The van der Waals surface area contributed by atoms with Crippen LogP contribution in [0.3, 0.4) is 0 Å². The van der Waals surface area contributed by atoms with E-state index in [2.05, 4.69) is 41.0 Å². The Labute approximate surface area is 201 Å². The molecule has 0 radical (unpaired) electrons. The summed E-state index contributed by atoms with van der Waals surface area (Å²) in [6, 6.07) is 4.96. The number of aryl methyl sites for hydroxylation is 1. The Kier molecular flexibility index (Phi) is 6.03. The number of hydrogen-bond donors (Lipinski definition) is 2. The second-order valence-electron chi connectivity index (χ2n) is 7.80. The fourth-order valence-electron chi connectivity index (χ4n) is 3.80. The van der Waals surface area contributed by atoms with Gasteiger partial charge in [-0.3, -0.25) is 9.20 Å². The molecule has 14 heteroatoms. The number of imidazole rings is 1. The normalized spacial score (nSPS) is 12.5. The van der Waals surface area contributed by atoms with Crippen LogP contribution in [0.1, 0.15) is 59.1 Å². The molecule has 2 N–H and O–H groups in total. The molecule has 5 rings (SSSR count). The smallest absolute Gasteiger partial charge is 0.299 e. The summed E-state index contributed by atoms with van der Waals surface area (Å²) in [7, 11) is 0. The molecule has 0 aliphatic carbocycles. The third-order valence-electron chi connectivity index (χ3n) is 5.41. The van der Waals surface area contributed by atoms with Crippen LogP contribution in [0.4, 0.5) is 8.78 Å². The van der Waals surface area contributed by atoms with Gasteiger partial charge in [0.05, 0.1) is 28.4 Å². The topological polar surface area (TPSA) is 132 Å². The predicted molar refractivity (Wildman–Crippen MR) is 122 cm³/mol. The molecule has 0 aliphatic rings. The van der Waals surface area contributed by atoms with Crippen molar-refractivity contribution in [1.82, 2.24) is 50.1 Å². The highest BCUT2D eigenvalue weighted by atomic mass is 32.1. The van der Waals surface area contributed by atoms with E-state index in [1.807, 2.05) is 26.0 Å². The third kappa shape index (κ3) is 4.27. The lowest BCUT2D eigenvalue weighted by Gasteiger charge is -2.16. The van der Waals surface area contributed by atoms with Gasteiger partial charge >= 0.3 is 0 Å². The second kappa shape index (κ2) is 9.29. The molecule has 5 aromatic heterocycles. The number of aromatic amines is 1. The highest BCUT2D eigenvalue weighted by Crippen LogP contribution is 2.31. The Morgan fingerprint density at radius 1 is 1.29 bits per heavy atom. The van der Waals surface area contributed by atoms with E-state index in [0.29, 0.717) is 23.6 Å². The highest BCUT2D eigenvalue weighted by Gasteiger charge is 2.24. The summed E-state index contributed by atoms with van der Waals surface area (Å²) in [4.78, 5) is 22.7. The average Bonchev–Trinajstić information content (AvgIpc) is 3.64. The van der Waals surface area contributed by atoms with Crippen molar-refractivity contribution in [2.24, 2.45) is 0 Å². The van der Waals surface area contributed by atoms with E-state index >= 15 is 0 Å². The largest absolute Gasteiger partial charge is 0.342 e. The molecule has 35 heavy (non-hydrogen) atoms. The minimum absolute atomic E-state index is 0.157. The van der Waals surface area contributed by atoms with E-state index in [4.69, 9.17) is 0 Å². The van der Waals surface area contributed by atoms with Crippen LogP contribution < -0.4 is 5.32 Å². The maximum absolute atomic E-state index is 13.6. The first-order valence-corrected chi connectivity index (χ1v) is 11.6. The van der Waals surface area contributed by atoms with Crippen molar-refractivity contribution in [3.8, 4) is 16.3 Å². The molecule has 11 nitrogen and oxygen atoms in total. The third-order valence-corrected chi connectivity index (χ3v) is 6.43. The summed E-state index contributed by atoms with van der Waals surface area (Å²) in [5.41, 5.74) is 1.42. The van der Waals surface area contributed by atoms with Crippen molar-refractivity contribution in [3.63, 3.8) is 0 Å². The van der Waals surface area contributed by atoms with Crippen molar-refractivity contribution in [1.29, 1.82) is 0 Å². The number of aromatic nitrogens is 9. The van der Waals surface area contributed by atoms with Crippen LogP contribution in [0, 0.1) is 6.92 Å². The van der Waals surface area contributed by atoms with Gasteiger partial charge in [0.25, 0.3) is 12.3 Å². The molecule has 0 spiro atoms. The maximum atomic E-state index is 13.6. The number of tetrazole rings is 1. The van der Waals surface area contributed by atoms with Gasteiger partial charge in [-0.15, -0.1) is 26.6 Å². The lowest BCUT2D eigenvalue weighted by atomic mass is 10.1. The standard InChI is InChI=1S/C21H20F2N10OS/c1-3-4-13(18-25-10-26-28-18)27-21(34)12-7-14(33-20(17(22)23)29-30-31-33)19-24-8-15(32(19)9-12)16-6-5-11(2)35-16/h5-10,13,17H,3-4H2,1-2H3,(H,27,34)(H,25,26,28)/t13-/m0/s1. The van der Waals surface area contributed by atoms with Gasteiger partial charge in [0.15, 0.2) is 11.5 Å². The highest BCUT2D eigenvalue weighted by molar-refractivity contribution is 7.15. The van der Waals surface area contributed by atoms with E-state index in [9.17, 15) is 13.6 Å². The predicted octanol–water partition coefficient (Wildman–Crippen LogP) is 3.67. The number of hydrogen-bond acceptors (Lipinski definition) is 8. The zero-order valence-corrected chi connectivity index (χ0v) is 19.5. The van der Waals surface area contributed by atoms with Gasteiger partial charge in [-0.25, -0.2) is 13.8 Å². The van der Waals surface area contributed by atoms with Gasteiger partial charge in [-0.05, 0) is 42.0 Å². The number of nitrogens with zero attached hydrogens (tertiary/aromatic N) is 8. The molecular formula is C21H20F2N10OS. The number of amides is 1. The molecule has 0 saturated carbocycles. The van der Waals surface area contributed by atoms with Crippen molar-refractivity contribution in [2.75, 3.05) is 0 Å². The number of thiophene rings is 1. The lowest BCUT2D eigenvalue weighted by Crippen LogP contribution is -2.29. The Morgan fingerprint density at radius 2 is 2.14 bits per heavy atom. The summed E-state index contributed by atoms with van der Waals surface area (Å²) >= 11 is 1.55. The molecule has 0 fully saturated rings. The first-order chi connectivity index (χ1) is 17.0. The minimum Gasteiger partial charge on any atom is -0.342 e. The van der Waals surface area contributed by atoms with Crippen molar-refractivity contribution in [2.45, 2.75) is 39.2 Å². The molecule has 5 aromatic rings. The number of carbonyl (C=O) groups excluding carboxylic acids is 1. The first kappa shape index (κ1) is 22.7. The molecule has 180 valence electrons. The monoisotopic (exact) mass is 498 g/mol. The van der Waals surface area contributed by atoms with Gasteiger partial charge in [0.1, 0.15) is 12.0 Å². The lowest BCUT2D eigenvalue weighted by molar-refractivity contribution is 0.0932. The SMILES string of the molecule is CCC[C@H](NC(=O)c1cc(-n2nnnc2C(F)F)c2ncc(-c3ccc(C)s3)n2c1)c1nnc[nH]1. The summed E-state index contributed by atoms with van der Waals surface area (Å²) < 4.78 is 29.8. The molecule has 0 aliphatic heterocycles. The quantitative estimate of drug-likeness (QED) is 0.334. The maximum Gasteiger partial charge on any atom is 0.299 e.